The number of aromatic nitrogens is 2. The van der Waals surface area contributed by atoms with Crippen molar-refractivity contribution in [1.29, 1.82) is 0 Å². The maximum Gasteiger partial charge on any atom is 0.337 e. The number of hydrogen-bond acceptors (Lipinski definition) is 4. The van der Waals surface area contributed by atoms with Gasteiger partial charge in [0, 0.05) is 12.4 Å². The van der Waals surface area contributed by atoms with Crippen LogP contribution in [0.15, 0.2) is 54.9 Å². The number of fused-ring (bicyclic) bond motifs is 8. The average Bonchev–Trinajstić information content (AvgIpc) is 3.36. The van der Waals surface area contributed by atoms with Gasteiger partial charge in [-0.3, -0.25) is 4.68 Å². The van der Waals surface area contributed by atoms with E-state index in [1.807, 2.05) is 35.1 Å². The Kier molecular flexibility index (Phi) is 3.05. The Morgan fingerprint density at radius 1 is 1.12 bits per heavy atom. The predicted molar refractivity (Wildman–Crippen MR) is 90.3 cm³/mol. The summed E-state index contributed by atoms with van der Waals surface area (Å²) in [5, 5.41) is 4.26. The van der Waals surface area contributed by atoms with Crippen LogP contribution in [-0.2, 0) is 16.0 Å². The Labute approximate surface area is 144 Å². The van der Waals surface area contributed by atoms with E-state index in [-0.39, 0.29) is 18.2 Å². The summed E-state index contributed by atoms with van der Waals surface area (Å²) in [6, 6.07) is 14.1. The summed E-state index contributed by atoms with van der Waals surface area (Å²) in [7, 11) is 1.40. The second-order valence-corrected chi connectivity index (χ2v) is 6.40. The molecule has 0 saturated carbocycles. The van der Waals surface area contributed by atoms with Crippen molar-refractivity contribution in [3.63, 3.8) is 0 Å². The molecule has 124 valence electrons. The summed E-state index contributed by atoms with van der Waals surface area (Å²) >= 11 is 0. The monoisotopic (exact) mass is 332 g/mol. The molecule has 0 radical (unpaired) electrons. The van der Waals surface area contributed by atoms with Crippen molar-refractivity contribution >= 4 is 5.97 Å². The highest BCUT2D eigenvalue weighted by atomic mass is 16.5. The van der Waals surface area contributed by atoms with Gasteiger partial charge >= 0.3 is 5.97 Å². The highest BCUT2D eigenvalue weighted by molar-refractivity contribution is 5.90. The lowest BCUT2D eigenvalue weighted by atomic mass is 9.84. The molecule has 3 aromatic rings. The molecule has 0 fully saturated rings. The van der Waals surface area contributed by atoms with Gasteiger partial charge in [-0.2, -0.15) is 5.10 Å². The number of benzene rings is 2. The van der Waals surface area contributed by atoms with Gasteiger partial charge in [0.1, 0.15) is 12.2 Å². The van der Waals surface area contributed by atoms with Gasteiger partial charge in [0.25, 0.3) is 0 Å². The summed E-state index contributed by atoms with van der Waals surface area (Å²) in [5.41, 5.74) is 6.37. The van der Waals surface area contributed by atoms with Gasteiger partial charge in [0.2, 0.25) is 0 Å². The third-order valence-electron chi connectivity index (χ3n) is 4.96. The minimum absolute atomic E-state index is 0.0562. The van der Waals surface area contributed by atoms with E-state index in [2.05, 4.69) is 23.3 Å². The summed E-state index contributed by atoms with van der Waals surface area (Å²) in [6.45, 7) is 0.742. The van der Waals surface area contributed by atoms with E-state index in [1.165, 1.54) is 23.8 Å². The Bertz CT molecular complexity index is 979. The zero-order valence-electron chi connectivity index (χ0n) is 13.7. The largest absolute Gasteiger partial charge is 0.465 e. The van der Waals surface area contributed by atoms with Crippen LogP contribution in [0.25, 0.3) is 0 Å². The molecular formula is C20H16N2O3. The minimum Gasteiger partial charge on any atom is -0.465 e. The number of hydrogen-bond donors (Lipinski definition) is 0. The molecule has 2 atom stereocenters. The molecule has 5 rings (SSSR count). The fraction of sp³-hybridized carbons (Fsp3) is 0.200. The lowest BCUT2D eigenvalue weighted by molar-refractivity contribution is 0.0600. The highest BCUT2D eigenvalue weighted by Gasteiger charge is 2.42. The van der Waals surface area contributed by atoms with Crippen LogP contribution >= 0.6 is 0 Å². The van der Waals surface area contributed by atoms with Crippen LogP contribution in [-0.4, -0.2) is 22.9 Å². The zero-order valence-corrected chi connectivity index (χ0v) is 13.7. The Morgan fingerprint density at radius 3 is 2.60 bits per heavy atom. The fourth-order valence-electron chi connectivity index (χ4n) is 3.82. The molecule has 0 unspecified atom stereocenters. The van der Waals surface area contributed by atoms with Gasteiger partial charge in [0.15, 0.2) is 0 Å². The van der Waals surface area contributed by atoms with Crippen LogP contribution in [0.2, 0.25) is 0 Å². The number of carbonyl (C=O) groups excluding carboxylic acids is 1. The van der Waals surface area contributed by atoms with Gasteiger partial charge in [-0.05, 0) is 46.0 Å². The third-order valence-corrected chi connectivity index (χ3v) is 4.96. The van der Waals surface area contributed by atoms with Gasteiger partial charge < -0.3 is 9.47 Å². The Balaban J connectivity index is 1.51. The SMILES string of the molecule is COC(=O)c1ccc2c(c1)[C@@H]1O[C@H]2c2cc(Cn3cccn3)ccc21. The van der Waals surface area contributed by atoms with Crippen molar-refractivity contribution in [1.82, 2.24) is 9.78 Å². The average molecular weight is 332 g/mol. The summed E-state index contributed by atoms with van der Waals surface area (Å²) in [5.74, 6) is -0.319. The molecule has 5 nitrogen and oxygen atoms in total. The second-order valence-electron chi connectivity index (χ2n) is 6.40. The molecule has 2 aliphatic rings. The maximum absolute atomic E-state index is 11.8. The van der Waals surface area contributed by atoms with Gasteiger partial charge in [0.05, 0.1) is 19.2 Å². The quantitative estimate of drug-likeness (QED) is 0.691. The van der Waals surface area contributed by atoms with E-state index in [0.29, 0.717) is 5.56 Å². The van der Waals surface area contributed by atoms with Crippen molar-refractivity contribution in [3.8, 4) is 0 Å². The smallest absolute Gasteiger partial charge is 0.337 e. The predicted octanol–water partition coefficient (Wildman–Crippen LogP) is 3.24. The van der Waals surface area contributed by atoms with E-state index in [0.717, 1.165) is 17.7 Å². The molecule has 2 aliphatic heterocycles. The standard InChI is InChI=1S/C20H16N2O3/c1-24-20(23)13-4-6-15-17(10-13)19-14-5-3-12(9-16(14)18(15)25-19)11-22-8-2-7-21-22/h2-10,18-19H,11H2,1H3/t18-,19-/m1/s1. The number of carbonyl (C=O) groups is 1. The van der Waals surface area contributed by atoms with Gasteiger partial charge in [-0.25, -0.2) is 4.79 Å². The van der Waals surface area contributed by atoms with E-state index >= 15 is 0 Å². The number of methoxy groups -OCH3 is 1. The number of nitrogens with zero attached hydrogens (tertiary/aromatic N) is 2. The summed E-state index contributed by atoms with van der Waals surface area (Å²) in [4.78, 5) is 11.8. The van der Waals surface area contributed by atoms with Crippen LogP contribution in [0, 0.1) is 0 Å². The topological polar surface area (TPSA) is 53.4 Å². The molecule has 0 amide bonds. The van der Waals surface area contributed by atoms with Crippen LogP contribution in [0.1, 0.15) is 50.4 Å². The highest BCUT2D eigenvalue weighted by Crippen LogP contribution is 2.54. The fourth-order valence-corrected chi connectivity index (χ4v) is 3.82. The summed E-state index contributed by atoms with van der Waals surface area (Å²) < 4.78 is 12.9. The van der Waals surface area contributed by atoms with E-state index in [4.69, 9.17) is 9.47 Å². The van der Waals surface area contributed by atoms with Crippen LogP contribution in [0.3, 0.4) is 0 Å². The first-order valence-corrected chi connectivity index (χ1v) is 8.22. The number of rotatable bonds is 3. The molecule has 0 N–H and O–H groups in total. The van der Waals surface area contributed by atoms with E-state index < -0.39 is 0 Å². The maximum atomic E-state index is 11.8. The van der Waals surface area contributed by atoms with Crippen molar-refractivity contribution in [2.45, 2.75) is 18.8 Å². The molecular weight excluding hydrogens is 316 g/mol. The molecule has 0 saturated heterocycles. The molecule has 5 heteroatoms. The van der Waals surface area contributed by atoms with Crippen molar-refractivity contribution in [2.75, 3.05) is 7.11 Å². The first-order chi connectivity index (χ1) is 12.2. The lowest BCUT2D eigenvalue weighted by Gasteiger charge is -2.17. The minimum atomic E-state index is -0.319. The first-order valence-electron chi connectivity index (χ1n) is 8.22. The zero-order chi connectivity index (χ0) is 17.0. The van der Waals surface area contributed by atoms with E-state index in [9.17, 15) is 4.79 Å². The Morgan fingerprint density at radius 2 is 1.88 bits per heavy atom. The number of esters is 1. The van der Waals surface area contributed by atoms with Gasteiger partial charge in [-0.1, -0.05) is 24.3 Å². The van der Waals surface area contributed by atoms with Crippen LogP contribution < -0.4 is 0 Å². The molecule has 25 heavy (non-hydrogen) atoms. The number of ether oxygens (including phenoxy) is 2. The van der Waals surface area contributed by atoms with Crippen molar-refractivity contribution in [3.05, 3.63) is 88.2 Å². The molecule has 2 aromatic carbocycles. The normalized spacial score (nSPS) is 19.6. The van der Waals surface area contributed by atoms with Crippen molar-refractivity contribution < 1.29 is 14.3 Å². The molecule has 1 aromatic heterocycles. The van der Waals surface area contributed by atoms with E-state index in [1.54, 1.807) is 6.20 Å². The Hall–Kier alpha value is -2.92. The van der Waals surface area contributed by atoms with Crippen LogP contribution in [0.5, 0.6) is 0 Å². The van der Waals surface area contributed by atoms with Crippen molar-refractivity contribution in [2.24, 2.45) is 0 Å². The summed E-state index contributed by atoms with van der Waals surface area (Å²) in [6.07, 6.45) is 3.59. The molecule has 3 heterocycles. The molecule has 0 aliphatic carbocycles. The lowest BCUT2D eigenvalue weighted by Crippen LogP contribution is -2.08. The molecule has 0 spiro atoms. The second kappa shape index (κ2) is 5.29. The van der Waals surface area contributed by atoms with Gasteiger partial charge in [-0.15, -0.1) is 0 Å². The first kappa shape index (κ1) is 14.4. The molecule has 2 bridgehead atoms. The third kappa shape index (κ3) is 2.13. The van der Waals surface area contributed by atoms with Crippen LogP contribution in [0.4, 0.5) is 0 Å².